The maximum atomic E-state index is 12.5. The molecule has 1 N–H and O–H groups in total. The summed E-state index contributed by atoms with van der Waals surface area (Å²) in [4.78, 5) is 20.3. The lowest BCUT2D eigenvalue weighted by Crippen LogP contribution is -2.56. The smallest absolute Gasteiger partial charge is 0.246 e. The maximum Gasteiger partial charge on any atom is 0.246 e. The topological polar surface area (TPSA) is 103 Å². The minimum absolute atomic E-state index is 0.0142. The molecule has 0 unspecified atom stereocenters. The Kier molecular flexibility index (Phi) is 6.83. The van der Waals surface area contributed by atoms with Crippen molar-refractivity contribution in [2.24, 2.45) is 12.0 Å². The normalized spacial score (nSPS) is 19.9. The molecule has 0 radical (unpaired) electrons. The molecule has 156 valence electrons. The Morgan fingerprint density at radius 3 is 2.64 bits per heavy atom. The summed E-state index contributed by atoms with van der Waals surface area (Å²) in [6, 6.07) is 0. The Balaban J connectivity index is 1.51. The van der Waals surface area contributed by atoms with Gasteiger partial charge in [0.2, 0.25) is 15.9 Å². The van der Waals surface area contributed by atoms with Crippen molar-refractivity contribution >= 4 is 39.3 Å². The van der Waals surface area contributed by atoms with Gasteiger partial charge in [0.15, 0.2) is 5.96 Å². The molecule has 10 nitrogen and oxygen atoms in total. The van der Waals surface area contributed by atoms with Crippen molar-refractivity contribution in [1.29, 1.82) is 0 Å². The van der Waals surface area contributed by atoms with Crippen LogP contribution in [0.2, 0.25) is 0 Å². The molecule has 28 heavy (non-hydrogen) atoms. The van der Waals surface area contributed by atoms with Crippen LogP contribution < -0.4 is 10.2 Å². The zero-order chi connectivity index (χ0) is 20.1. The lowest BCUT2D eigenvalue weighted by Gasteiger charge is -2.35. The Labute approximate surface area is 170 Å². The number of nitrogens with one attached hydrogen (secondary N) is 1. The predicted molar refractivity (Wildman–Crippen MR) is 111 cm³/mol. The lowest BCUT2D eigenvalue weighted by molar-refractivity contribution is -0.120. The molecule has 12 heteroatoms. The van der Waals surface area contributed by atoms with E-state index in [0.717, 1.165) is 17.2 Å². The molecule has 0 saturated carbocycles. The zero-order valence-electron chi connectivity index (χ0n) is 16.2. The van der Waals surface area contributed by atoms with Crippen LogP contribution in [0.5, 0.6) is 0 Å². The third kappa shape index (κ3) is 4.97. The van der Waals surface area contributed by atoms with Gasteiger partial charge in [-0.25, -0.2) is 12.7 Å². The third-order valence-corrected chi connectivity index (χ3v) is 7.56. The van der Waals surface area contributed by atoms with Gasteiger partial charge in [0, 0.05) is 64.5 Å². The minimum atomic E-state index is -3.27. The molecule has 0 atom stereocenters. The standard InChI is InChI=1S/C16H27N7O3S2/c1-17-16(18-3-10-28(25,26)22-6-8-27-9-7-22)21-4-5-23(15(24)13-21)14-11-19-20(2)12-14/h11-12H,3-10,13H2,1-2H3,(H,17,18). The number of rotatable bonds is 5. The predicted octanol–water partition coefficient (Wildman–Crippen LogP) is -0.977. The summed E-state index contributed by atoms with van der Waals surface area (Å²) in [6.07, 6.45) is 3.48. The molecule has 0 bridgehead atoms. The number of aliphatic imine (C=N–C) groups is 1. The van der Waals surface area contributed by atoms with Gasteiger partial charge in [-0.2, -0.15) is 16.9 Å². The van der Waals surface area contributed by atoms with Crippen molar-refractivity contribution in [2.75, 3.05) is 68.5 Å². The van der Waals surface area contributed by atoms with Crippen molar-refractivity contribution in [1.82, 2.24) is 24.3 Å². The second kappa shape index (κ2) is 9.14. The van der Waals surface area contributed by atoms with Gasteiger partial charge < -0.3 is 15.1 Å². The van der Waals surface area contributed by atoms with Crippen LogP contribution in [0.3, 0.4) is 0 Å². The molecule has 2 aliphatic heterocycles. The highest BCUT2D eigenvalue weighted by atomic mass is 32.2. The zero-order valence-corrected chi connectivity index (χ0v) is 17.9. The fraction of sp³-hybridized carbons (Fsp3) is 0.688. The van der Waals surface area contributed by atoms with Crippen LogP contribution in [-0.4, -0.2) is 103 Å². The Hall–Kier alpha value is -1.79. The van der Waals surface area contributed by atoms with Crippen molar-refractivity contribution < 1.29 is 13.2 Å². The number of aromatic nitrogens is 2. The summed E-state index contributed by atoms with van der Waals surface area (Å²) < 4.78 is 28.1. The fourth-order valence-corrected chi connectivity index (χ4v) is 5.74. The summed E-state index contributed by atoms with van der Waals surface area (Å²) in [6.45, 7) is 2.73. The number of carbonyl (C=O) groups is 1. The van der Waals surface area contributed by atoms with Gasteiger partial charge in [-0.05, 0) is 0 Å². The van der Waals surface area contributed by atoms with Crippen LogP contribution >= 0.6 is 11.8 Å². The van der Waals surface area contributed by atoms with Crippen molar-refractivity contribution in [3.05, 3.63) is 12.4 Å². The van der Waals surface area contributed by atoms with E-state index >= 15 is 0 Å². The Morgan fingerprint density at radius 2 is 2.04 bits per heavy atom. The maximum absolute atomic E-state index is 12.5. The van der Waals surface area contributed by atoms with E-state index < -0.39 is 10.0 Å². The van der Waals surface area contributed by atoms with Gasteiger partial charge in [0.25, 0.3) is 0 Å². The van der Waals surface area contributed by atoms with E-state index in [9.17, 15) is 13.2 Å². The number of carbonyl (C=O) groups excluding carboxylic acids is 1. The monoisotopic (exact) mass is 429 g/mol. The van der Waals surface area contributed by atoms with Crippen molar-refractivity contribution in [2.45, 2.75) is 0 Å². The van der Waals surface area contributed by atoms with E-state index in [-0.39, 0.29) is 24.7 Å². The number of aryl methyl sites for hydroxylation is 1. The van der Waals surface area contributed by atoms with Crippen LogP contribution in [0.15, 0.2) is 17.4 Å². The van der Waals surface area contributed by atoms with Gasteiger partial charge >= 0.3 is 0 Å². The minimum Gasteiger partial charge on any atom is -0.355 e. The molecule has 2 saturated heterocycles. The van der Waals surface area contributed by atoms with E-state index in [1.165, 1.54) is 0 Å². The van der Waals surface area contributed by atoms with Crippen LogP contribution in [0.25, 0.3) is 0 Å². The second-order valence-corrected chi connectivity index (χ2v) is 9.95. The third-order valence-electron chi connectivity index (χ3n) is 4.74. The van der Waals surface area contributed by atoms with Gasteiger partial charge in [-0.1, -0.05) is 0 Å². The van der Waals surface area contributed by atoms with Crippen LogP contribution in [0.4, 0.5) is 5.69 Å². The summed E-state index contributed by atoms with van der Waals surface area (Å²) in [5.74, 6) is 2.21. The highest BCUT2D eigenvalue weighted by Gasteiger charge is 2.28. The molecule has 1 aromatic rings. The molecule has 0 aliphatic carbocycles. The number of amides is 1. The molecule has 1 amide bonds. The quantitative estimate of drug-likeness (QED) is 0.474. The molecule has 3 rings (SSSR count). The van der Waals surface area contributed by atoms with E-state index in [1.54, 1.807) is 38.9 Å². The number of piperazine rings is 1. The first-order valence-electron chi connectivity index (χ1n) is 9.21. The molecule has 2 aliphatic rings. The SMILES string of the molecule is CN=C(NCCS(=O)(=O)N1CCSCC1)N1CCN(c2cnn(C)c2)C(=O)C1. The number of thioether (sulfide) groups is 1. The first kappa shape index (κ1) is 20.9. The second-order valence-electron chi connectivity index (χ2n) is 6.64. The number of anilines is 1. The summed E-state index contributed by atoms with van der Waals surface area (Å²) >= 11 is 1.78. The van der Waals surface area contributed by atoms with E-state index in [4.69, 9.17) is 0 Å². The number of guanidine groups is 1. The average Bonchev–Trinajstić information content (AvgIpc) is 3.12. The van der Waals surface area contributed by atoms with Crippen LogP contribution in [-0.2, 0) is 21.9 Å². The summed E-state index contributed by atoms with van der Waals surface area (Å²) in [5, 5.41) is 7.20. The lowest BCUT2D eigenvalue weighted by atomic mass is 10.3. The van der Waals surface area contributed by atoms with E-state index in [0.29, 0.717) is 32.1 Å². The fourth-order valence-electron chi connectivity index (χ4n) is 3.25. The van der Waals surface area contributed by atoms with Crippen molar-refractivity contribution in [3.8, 4) is 0 Å². The Morgan fingerprint density at radius 1 is 1.29 bits per heavy atom. The highest BCUT2D eigenvalue weighted by molar-refractivity contribution is 7.99. The van der Waals surface area contributed by atoms with E-state index in [1.807, 2.05) is 18.1 Å². The van der Waals surface area contributed by atoms with Gasteiger partial charge in [0.05, 0.1) is 17.6 Å². The molecule has 2 fully saturated rings. The highest BCUT2D eigenvalue weighted by Crippen LogP contribution is 2.16. The summed E-state index contributed by atoms with van der Waals surface area (Å²) in [5.41, 5.74) is 0.779. The molecular weight excluding hydrogens is 402 g/mol. The number of hydrogen-bond acceptors (Lipinski definition) is 6. The largest absolute Gasteiger partial charge is 0.355 e. The first-order chi connectivity index (χ1) is 13.4. The average molecular weight is 430 g/mol. The molecule has 3 heterocycles. The van der Waals surface area contributed by atoms with Crippen molar-refractivity contribution in [3.63, 3.8) is 0 Å². The molecule has 1 aromatic heterocycles. The summed E-state index contributed by atoms with van der Waals surface area (Å²) in [7, 11) is 0.176. The van der Waals surface area contributed by atoms with E-state index in [2.05, 4.69) is 15.4 Å². The number of hydrogen-bond donors (Lipinski definition) is 1. The number of nitrogens with zero attached hydrogens (tertiary/aromatic N) is 6. The first-order valence-corrected chi connectivity index (χ1v) is 12.0. The van der Waals surface area contributed by atoms with Gasteiger partial charge in [-0.3, -0.25) is 14.5 Å². The van der Waals surface area contributed by atoms with Crippen LogP contribution in [0, 0.1) is 0 Å². The number of sulfonamides is 1. The van der Waals surface area contributed by atoms with Crippen LogP contribution in [0.1, 0.15) is 0 Å². The molecule has 0 aromatic carbocycles. The van der Waals surface area contributed by atoms with Gasteiger partial charge in [-0.15, -0.1) is 0 Å². The molecule has 0 spiro atoms. The molecular formula is C16H27N7O3S2. The van der Waals surface area contributed by atoms with Gasteiger partial charge in [0.1, 0.15) is 6.54 Å². The Bertz CT molecular complexity index is 818.